The van der Waals surface area contributed by atoms with E-state index in [1.54, 1.807) is 33.8 Å². The van der Waals surface area contributed by atoms with Gasteiger partial charge in [-0.1, -0.05) is 53.5 Å². The van der Waals surface area contributed by atoms with Crippen molar-refractivity contribution < 1.29 is 42.9 Å². The van der Waals surface area contributed by atoms with Gasteiger partial charge in [0.15, 0.2) is 11.5 Å². The van der Waals surface area contributed by atoms with Crippen LogP contribution in [0.1, 0.15) is 92.6 Å². The Hall–Kier alpha value is -3.14. The normalized spacial score (nSPS) is 15.5. The number of rotatable bonds is 16. The molecule has 0 spiro atoms. The summed E-state index contributed by atoms with van der Waals surface area (Å²) >= 11 is 0. The first-order chi connectivity index (χ1) is 18.8. The molecule has 0 fully saturated rings. The van der Waals surface area contributed by atoms with E-state index in [9.17, 15) is 19.2 Å². The van der Waals surface area contributed by atoms with Gasteiger partial charge in [0.2, 0.25) is 0 Å². The third-order valence-electron chi connectivity index (χ3n) is 6.61. The lowest BCUT2D eigenvalue weighted by atomic mass is 9.86. The molecule has 10 nitrogen and oxygen atoms in total. The highest BCUT2D eigenvalue weighted by atomic mass is 16.7. The van der Waals surface area contributed by atoms with E-state index in [-0.39, 0.29) is 42.3 Å². The van der Waals surface area contributed by atoms with E-state index in [0.717, 1.165) is 12.8 Å². The molecule has 0 amide bonds. The van der Waals surface area contributed by atoms with Crippen LogP contribution in [0.25, 0.3) is 0 Å². The number of ether oxygens (including phenoxy) is 5. The molecule has 5 atom stereocenters. The number of methoxy groups -OCH3 is 1. The maximum Gasteiger partial charge on any atom is 0.508 e. The fraction of sp³-hybridized carbons (Fsp3) is 0.667. The Morgan fingerprint density at radius 2 is 1.35 bits per heavy atom. The number of hydrogen-bond acceptors (Lipinski definition) is 10. The van der Waals surface area contributed by atoms with Crippen molar-refractivity contribution in [1.82, 2.24) is 0 Å². The summed E-state index contributed by atoms with van der Waals surface area (Å²) in [5.41, 5.74) is 5.45. The van der Waals surface area contributed by atoms with Gasteiger partial charge in [0.25, 0.3) is 0 Å². The Bertz CT molecular complexity index is 995. The molecule has 10 heteroatoms. The molecule has 3 unspecified atom stereocenters. The van der Waals surface area contributed by atoms with Crippen LogP contribution in [-0.2, 0) is 35.0 Å². The lowest BCUT2D eigenvalue weighted by Crippen LogP contribution is -2.53. The molecular formula is C30H47NO9. The maximum atomic E-state index is 12.8. The molecule has 40 heavy (non-hydrogen) atoms. The molecule has 0 aliphatic heterocycles. The first-order valence-electron chi connectivity index (χ1n) is 14.1. The summed E-state index contributed by atoms with van der Waals surface area (Å²) in [6.45, 7) is 12.7. The second kappa shape index (κ2) is 16.8. The van der Waals surface area contributed by atoms with Crippen molar-refractivity contribution in [2.24, 2.45) is 17.6 Å². The van der Waals surface area contributed by atoms with Gasteiger partial charge >= 0.3 is 24.1 Å². The smallest absolute Gasteiger partial charge is 0.468 e. The first-order valence-corrected chi connectivity index (χ1v) is 14.1. The highest BCUT2D eigenvalue weighted by molar-refractivity contribution is 5.81. The van der Waals surface area contributed by atoms with Crippen molar-refractivity contribution in [3.8, 4) is 11.5 Å². The van der Waals surface area contributed by atoms with Gasteiger partial charge in [-0.05, 0) is 50.8 Å². The van der Waals surface area contributed by atoms with Crippen LogP contribution in [0.15, 0.2) is 18.2 Å². The van der Waals surface area contributed by atoms with Crippen LogP contribution in [0, 0.1) is 11.8 Å². The van der Waals surface area contributed by atoms with Crippen molar-refractivity contribution >= 4 is 24.1 Å². The molecule has 1 aromatic carbocycles. The van der Waals surface area contributed by atoms with Gasteiger partial charge in [-0.3, -0.25) is 14.4 Å². The van der Waals surface area contributed by atoms with Crippen LogP contribution in [-0.4, -0.2) is 48.9 Å². The van der Waals surface area contributed by atoms with Crippen LogP contribution < -0.4 is 15.2 Å². The van der Waals surface area contributed by atoms with Gasteiger partial charge < -0.3 is 29.4 Å². The van der Waals surface area contributed by atoms with Crippen molar-refractivity contribution in [1.29, 1.82) is 0 Å². The number of esters is 3. The average Bonchev–Trinajstić information content (AvgIpc) is 2.89. The summed E-state index contributed by atoms with van der Waals surface area (Å²) in [5.74, 6) is -2.17. The summed E-state index contributed by atoms with van der Waals surface area (Å²) < 4.78 is 26.7. The molecule has 0 saturated carbocycles. The topological polar surface area (TPSA) is 140 Å². The van der Waals surface area contributed by atoms with E-state index < -0.39 is 35.7 Å². The molecule has 1 aromatic rings. The zero-order valence-corrected chi connectivity index (χ0v) is 25.2. The largest absolute Gasteiger partial charge is 0.508 e. The van der Waals surface area contributed by atoms with E-state index in [1.165, 1.54) is 19.2 Å². The van der Waals surface area contributed by atoms with Gasteiger partial charge in [0.1, 0.15) is 17.7 Å². The highest BCUT2D eigenvalue weighted by Crippen LogP contribution is 2.32. The van der Waals surface area contributed by atoms with E-state index >= 15 is 0 Å². The number of hydrogen-bond donors (Lipinski definition) is 1. The van der Waals surface area contributed by atoms with E-state index in [4.69, 9.17) is 29.4 Å². The third kappa shape index (κ3) is 11.2. The fourth-order valence-electron chi connectivity index (χ4n) is 4.14. The van der Waals surface area contributed by atoms with Crippen LogP contribution in [0.4, 0.5) is 4.79 Å². The summed E-state index contributed by atoms with van der Waals surface area (Å²) in [7, 11) is 1.22. The van der Waals surface area contributed by atoms with E-state index in [1.807, 2.05) is 20.8 Å². The minimum atomic E-state index is -1.59. The Kier molecular flexibility index (Phi) is 14.7. The Morgan fingerprint density at radius 1 is 0.825 bits per heavy atom. The maximum absolute atomic E-state index is 12.8. The molecule has 226 valence electrons. The number of nitrogens with two attached hydrogens (primary N) is 1. The number of carbonyl (C=O) groups excluding carboxylic acids is 4. The van der Waals surface area contributed by atoms with E-state index in [2.05, 4.69) is 0 Å². The van der Waals surface area contributed by atoms with Crippen LogP contribution in [0.2, 0.25) is 0 Å². The average molecular weight is 566 g/mol. The quantitative estimate of drug-likeness (QED) is 0.201. The van der Waals surface area contributed by atoms with Gasteiger partial charge in [0.05, 0.1) is 18.9 Å². The zero-order chi connectivity index (χ0) is 30.5. The molecule has 0 bridgehead atoms. The van der Waals surface area contributed by atoms with Gasteiger partial charge in [-0.25, -0.2) is 4.79 Å². The summed E-state index contributed by atoms with van der Waals surface area (Å²) in [5, 5.41) is 0. The highest BCUT2D eigenvalue weighted by Gasteiger charge is 2.38. The van der Waals surface area contributed by atoms with Gasteiger partial charge in [-0.2, -0.15) is 0 Å². The predicted molar refractivity (Wildman–Crippen MR) is 150 cm³/mol. The molecule has 0 saturated heterocycles. The van der Waals surface area contributed by atoms with Crippen molar-refractivity contribution in [2.75, 3.05) is 7.11 Å². The lowest BCUT2D eigenvalue weighted by Gasteiger charge is -2.29. The second-order valence-electron chi connectivity index (χ2n) is 10.5. The molecule has 0 aliphatic carbocycles. The van der Waals surface area contributed by atoms with Crippen molar-refractivity contribution in [2.45, 2.75) is 111 Å². The SMILES string of the molecule is CCCC(C)C(=O)Oc1ccc(CC(N)(C[C@H](C)OC(=O)O[C@@H](C)CC)C(=O)OC)cc1OC(=O)C(C)CCC. The van der Waals surface area contributed by atoms with Crippen molar-refractivity contribution in [3.63, 3.8) is 0 Å². The predicted octanol–water partition coefficient (Wildman–Crippen LogP) is 5.51. The molecule has 1 rings (SSSR count). The minimum Gasteiger partial charge on any atom is -0.468 e. The minimum absolute atomic E-state index is 0.0384. The van der Waals surface area contributed by atoms with Crippen LogP contribution in [0.5, 0.6) is 11.5 Å². The first kappa shape index (κ1) is 34.9. The lowest BCUT2D eigenvalue weighted by molar-refractivity contribution is -0.148. The molecule has 2 N–H and O–H groups in total. The second-order valence-corrected chi connectivity index (χ2v) is 10.5. The molecular weight excluding hydrogens is 518 g/mol. The fourth-order valence-corrected chi connectivity index (χ4v) is 4.14. The Morgan fingerprint density at radius 3 is 1.85 bits per heavy atom. The van der Waals surface area contributed by atoms with Gasteiger partial charge in [-0.15, -0.1) is 0 Å². The number of benzene rings is 1. The zero-order valence-electron chi connectivity index (χ0n) is 25.2. The molecule has 0 radical (unpaired) electrons. The summed E-state index contributed by atoms with van der Waals surface area (Å²) in [6, 6.07) is 4.67. The monoisotopic (exact) mass is 565 g/mol. The van der Waals surface area contributed by atoms with Crippen LogP contribution >= 0.6 is 0 Å². The Labute approximate surface area is 238 Å². The summed E-state index contributed by atoms with van der Waals surface area (Å²) in [4.78, 5) is 50.2. The van der Waals surface area contributed by atoms with Gasteiger partial charge in [0, 0.05) is 12.8 Å². The van der Waals surface area contributed by atoms with Crippen LogP contribution in [0.3, 0.4) is 0 Å². The van der Waals surface area contributed by atoms with Crippen molar-refractivity contribution in [3.05, 3.63) is 23.8 Å². The standard InChI is InChI=1S/C30H47NO9/c1-9-12-19(4)26(32)39-24-15-14-23(16-25(24)40-27(33)20(5)13-10-2)18-30(31,28(34)36-8)17-22(7)38-29(35)37-21(6)11-3/h14-16,19-22H,9-13,17-18,31H2,1-8H3/t19?,20?,21-,22-,30?/m0/s1. The summed E-state index contributed by atoms with van der Waals surface area (Å²) in [6.07, 6.45) is 1.47. The number of carbonyl (C=O) groups is 4. The molecule has 0 heterocycles. The molecule has 0 aromatic heterocycles. The van der Waals surface area contributed by atoms with E-state index in [0.29, 0.717) is 24.8 Å². The molecule has 0 aliphatic rings. The Balaban J connectivity index is 3.28. The third-order valence-corrected chi connectivity index (χ3v) is 6.61.